The molecule has 0 unspecified atom stereocenters. The van der Waals surface area contributed by atoms with Crippen LogP contribution in [-0.2, 0) is 19.1 Å². The summed E-state index contributed by atoms with van der Waals surface area (Å²) in [4.78, 5) is 22.5. The van der Waals surface area contributed by atoms with Gasteiger partial charge in [-0.15, -0.1) is 0 Å². The summed E-state index contributed by atoms with van der Waals surface area (Å²) in [7, 11) is 0. The molecule has 5 nitrogen and oxygen atoms in total. The second-order valence-electron chi connectivity index (χ2n) is 5.17. The van der Waals surface area contributed by atoms with Crippen molar-refractivity contribution in [2.45, 2.75) is 44.3 Å². The third-order valence-corrected chi connectivity index (χ3v) is 3.36. The molecule has 0 aromatic heterocycles. The molecule has 1 N–H and O–H groups in total. The molecule has 2 heterocycles. The first kappa shape index (κ1) is 11.4. The van der Waals surface area contributed by atoms with Gasteiger partial charge in [0.05, 0.1) is 18.6 Å². The fourth-order valence-electron chi connectivity index (χ4n) is 2.75. The van der Waals surface area contributed by atoms with Gasteiger partial charge in [-0.3, -0.25) is 9.59 Å². The predicted octanol–water partition coefficient (Wildman–Crippen LogP) is 0.962. The van der Waals surface area contributed by atoms with Gasteiger partial charge < -0.3 is 14.6 Å². The molecule has 1 spiro atoms. The Morgan fingerprint density at radius 3 is 2.75 bits per heavy atom. The van der Waals surface area contributed by atoms with Crippen LogP contribution < -0.4 is 0 Å². The Morgan fingerprint density at radius 1 is 1.50 bits per heavy atom. The van der Waals surface area contributed by atoms with Crippen molar-refractivity contribution in [1.82, 2.24) is 0 Å². The molecule has 0 bridgehead atoms. The van der Waals surface area contributed by atoms with Crippen molar-refractivity contribution in [3.63, 3.8) is 0 Å². The van der Waals surface area contributed by atoms with Crippen molar-refractivity contribution in [3.8, 4) is 0 Å². The number of carbonyl (C=O) groups is 2. The van der Waals surface area contributed by atoms with E-state index < -0.39 is 29.1 Å². The van der Waals surface area contributed by atoms with Crippen LogP contribution in [0.25, 0.3) is 0 Å². The number of aliphatic carboxylic acids is 1. The van der Waals surface area contributed by atoms with Crippen LogP contribution in [0.2, 0.25) is 0 Å². The molecule has 2 rings (SSSR count). The van der Waals surface area contributed by atoms with Gasteiger partial charge in [0.2, 0.25) is 0 Å². The summed E-state index contributed by atoms with van der Waals surface area (Å²) in [5.74, 6) is -2.10. The average Bonchev–Trinajstić information content (AvgIpc) is 2.40. The van der Waals surface area contributed by atoms with Crippen LogP contribution in [0.5, 0.6) is 0 Å². The van der Waals surface area contributed by atoms with Gasteiger partial charge in [0.15, 0.2) is 0 Å². The fourth-order valence-corrected chi connectivity index (χ4v) is 2.75. The largest absolute Gasteiger partial charge is 0.481 e. The van der Waals surface area contributed by atoms with Crippen LogP contribution >= 0.6 is 0 Å². The van der Waals surface area contributed by atoms with E-state index >= 15 is 0 Å². The number of carboxylic acids is 1. The third kappa shape index (κ3) is 1.80. The van der Waals surface area contributed by atoms with Gasteiger partial charge in [-0.05, 0) is 13.8 Å². The first-order chi connectivity index (χ1) is 7.35. The van der Waals surface area contributed by atoms with E-state index in [2.05, 4.69) is 0 Å². The smallest absolute Gasteiger partial charge is 0.311 e. The van der Waals surface area contributed by atoms with Gasteiger partial charge >= 0.3 is 11.9 Å². The fraction of sp³-hybridized carbons (Fsp3) is 0.818. The van der Waals surface area contributed by atoms with E-state index in [4.69, 9.17) is 14.6 Å². The van der Waals surface area contributed by atoms with E-state index in [0.717, 1.165) is 0 Å². The second-order valence-corrected chi connectivity index (χ2v) is 5.17. The highest BCUT2D eigenvalue weighted by Gasteiger charge is 2.56. The normalized spacial score (nSPS) is 37.4. The van der Waals surface area contributed by atoms with Gasteiger partial charge in [-0.1, -0.05) is 0 Å². The molecule has 2 fully saturated rings. The molecule has 0 amide bonds. The molecule has 2 saturated heterocycles. The van der Waals surface area contributed by atoms with Crippen molar-refractivity contribution in [1.29, 1.82) is 0 Å². The summed E-state index contributed by atoms with van der Waals surface area (Å²) in [5.41, 5.74) is -1.29. The zero-order valence-electron chi connectivity index (χ0n) is 9.49. The molecular formula is C11H16O5. The van der Waals surface area contributed by atoms with E-state index in [1.807, 2.05) is 13.8 Å². The zero-order valence-corrected chi connectivity index (χ0v) is 9.49. The van der Waals surface area contributed by atoms with Gasteiger partial charge in [-0.25, -0.2) is 0 Å². The lowest BCUT2D eigenvalue weighted by molar-refractivity contribution is -0.183. The van der Waals surface area contributed by atoms with Crippen LogP contribution in [0.15, 0.2) is 0 Å². The summed E-state index contributed by atoms with van der Waals surface area (Å²) < 4.78 is 10.8. The van der Waals surface area contributed by atoms with Gasteiger partial charge in [-0.2, -0.15) is 0 Å². The Bertz CT molecular complexity index is 335. The van der Waals surface area contributed by atoms with Crippen LogP contribution in [0.1, 0.15) is 33.1 Å². The van der Waals surface area contributed by atoms with Crippen molar-refractivity contribution in [2.24, 2.45) is 5.92 Å². The molecule has 0 radical (unpaired) electrons. The molecule has 0 aliphatic carbocycles. The van der Waals surface area contributed by atoms with E-state index in [9.17, 15) is 9.59 Å². The minimum Gasteiger partial charge on any atom is -0.481 e. The summed E-state index contributed by atoms with van der Waals surface area (Å²) in [5, 5.41) is 9.15. The van der Waals surface area contributed by atoms with Gasteiger partial charge in [0, 0.05) is 12.8 Å². The van der Waals surface area contributed by atoms with Crippen LogP contribution in [-0.4, -0.2) is 34.9 Å². The highest BCUT2D eigenvalue weighted by Crippen LogP contribution is 2.45. The molecular weight excluding hydrogens is 212 g/mol. The lowest BCUT2D eigenvalue weighted by Gasteiger charge is -2.43. The standard InChI is InChI=1S/C11H16O5/c1-10(2)6-11(3-4-15-10)7(9(13)14)5-8(12)16-11/h7H,3-6H2,1-2H3,(H,13,14)/t7-,11-/m1/s1. The molecule has 0 aromatic rings. The van der Waals surface area contributed by atoms with Crippen LogP contribution in [0.4, 0.5) is 0 Å². The number of esters is 1. The minimum atomic E-state index is -0.955. The quantitative estimate of drug-likeness (QED) is 0.677. The lowest BCUT2D eigenvalue weighted by atomic mass is 9.75. The van der Waals surface area contributed by atoms with Crippen molar-refractivity contribution in [3.05, 3.63) is 0 Å². The number of hydrogen-bond acceptors (Lipinski definition) is 4. The number of hydrogen-bond donors (Lipinski definition) is 1. The van der Waals surface area contributed by atoms with E-state index in [1.165, 1.54) is 0 Å². The molecule has 2 atom stereocenters. The summed E-state index contributed by atoms with van der Waals surface area (Å²) in [6.07, 6.45) is 0.896. The maximum atomic E-state index is 11.3. The molecule has 0 saturated carbocycles. The van der Waals surface area contributed by atoms with E-state index in [0.29, 0.717) is 19.4 Å². The van der Waals surface area contributed by atoms with E-state index in [1.54, 1.807) is 0 Å². The summed E-state index contributed by atoms with van der Waals surface area (Å²) in [6.45, 7) is 4.21. The Morgan fingerprint density at radius 2 is 2.19 bits per heavy atom. The van der Waals surface area contributed by atoms with Crippen LogP contribution in [0.3, 0.4) is 0 Å². The maximum Gasteiger partial charge on any atom is 0.311 e. The SMILES string of the molecule is CC1(C)C[C@@]2(CCO1)OC(=O)C[C@@H]2C(=O)O. The lowest BCUT2D eigenvalue weighted by Crippen LogP contribution is -2.51. The third-order valence-electron chi connectivity index (χ3n) is 3.36. The molecule has 90 valence electrons. The first-order valence-corrected chi connectivity index (χ1v) is 5.43. The molecule has 16 heavy (non-hydrogen) atoms. The topological polar surface area (TPSA) is 72.8 Å². The number of carbonyl (C=O) groups excluding carboxylic acids is 1. The van der Waals surface area contributed by atoms with Crippen LogP contribution in [0, 0.1) is 5.92 Å². The number of rotatable bonds is 1. The number of carboxylic acid groups (broad SMARTS) is 1. The predicted molar refractivity (Wildman–Crippen MR) is 53.8 cm³/mol. The monoisotopic (exact) mass is 228 g/mol. The number of ether oxygens (including phenoxy) is 2. The highest BCUT2D eigenvalue weighted by molar-refractivity contribution is 5.83. The zero-order chi connectivity index (χ0) is 12.0. The van der Waals surface area contributed by atoms with E-state index in [-0.39, 0.29) is 6.42 Å². The van der Waals surface area contributed by atoms with Crippen molar-refractivity contribution >= 4 is 11.9 Å². The summed E-state index contributed by atoms with van der Waals surface area (Å²) >= 11 is 0. The molecule has 2 aliphatic rings. The van der Waals surface area contributed by atoms with Gasteiger partial charge in [0.1, 0.15) is 11.5 Å². The Balaban J connectivity index is 2.28. The maximum absolute atomic E-state index is 11.3. The van der Waals surface area contributed by atoms with Crippen molar-refractivity contribution < 1.29 is 24.2 Å². The van der Waals surface area contributed by atoms with Gasteiger partial charge in [0.25, 0.3) is 0 Å². The molecule has 0 aromatic carbocycles. The Hall–Kier alpha value is -1.10. The Kier molecular flexibility index (Phi) is 2.45. The Labute approximate surface area is 93.7 Å². The summed E-state index contributed by atoms with van der Waals surface area (Å²) in [6, 6.07) is 0. The minimum absolute atomic E-state index is 0.0224. The molecule has 2 aliphatic heterocycles. The van der Waals surface area contributed by atoms with Crippen molar-refractivity contribution in [2.75, 3.05) is 6.61 Å². The highest BCUT2D eigenvalue weighted by atomic mass is 16.6. The first-order valence-electron chi connectivity index (χ1n) is 5.43. The average molecular weight is 228 g/mol. The second kappa shape index (κ2) is 3.45. The molecule has 5 heteroatoms.